The third-order valence-electron chi connectivity index (χ3n) is 4.67. The average Bonchev–Trinajstić information content (AvgIpc) is 3.03. The largest absolute Gasteiger partial charge is 0.463 e. The quantitative estimate of drug-likeness (QED) is 0.457. The van der Waals surface area contributed by atoms with Crippen LogP contribution >= 0.6 is 0 Å². The van der Waals surface area contributed by atoms with Crippen molar-refractivity contribution in [3.05, 3.63) is 35.9 Å². The van der Waals surface area contributed by atoms with Gasteiger partial charge in [-0.1, -0.05) is 30.3 Å². The van der Waals surface area contributed by atoms with E-state index in [0.717, 1.165) is 5.56 Å². The van der Waals surface area contributed by atoms with Gasteiger partial charge < -0.3 is 28.4 Å². The normalized spacial score (nSPS) is 32.1. The van der Waals surface area contributed by atoms with Crippen molar-refractivity contribution >= 4 is 17.9 Å². The summed E-state index contributed by atoms with van der Waals surface area (Å²) in [6.45, 7) is 5.18. The van der Waals surface area contributed by atoms with Gasteiger partial charge in [-0.3, -0.25) is 19.1 Å². The van der Waals surface area contributed by atoms with Crippen molar-refractivity contribution in [3.63, 3.8) is 0 Å². The van der Waals surface area contributed by atoms with E-state index in [1.165, 1.54) is 20.8 Å². The molecule has 0 saturated carbocycles. The Kier molecular flexibility index (Phi) is 7.26. The molecule has 170 valence electrons. The molecular formula is C21H26O10. The molecule has 0 bridgehead atoms. The maximum atomic E-state index is 11.8. The summed E-state index contributed by atoms with van der Waals surface area (Å²) < 4.78 is 39.2. The molecule has 2 fully saturated rings. The highest BCUT2D eigenvalue weighted by Gasteiger charge is 2.59. The van der Waals surface area contributed by atoms with E-state index in [4.69, 9.17) is 33.2 Å². The molecule has 1 aromatic rings. The van der Waals surface area contributed by atoms with Crippen molar-refractivity contribution in [2.24, 2.45) is 0 Å². The fourth-order valence-corrected chi connectivity index (χ4v) is 3.43. The maximum absolute atomic E-state index is 11.8. The lowest BCUT2D eigenvalue weighted by Gasteiger charge is -2.40. The van der Waals surface area contributed by atoms with E-state index >= 15 is 0 Å². The third-order valence-corrected chi connectivity index (χ3v) is 4.67. The first kappa shape index (κ1) is 23.1. The lowest BCUT2D eigenvalue weighted by Crippen LogP contribution is -2.60. The van der Waals surface area contributed by atoms with Gasteiger partial charge in [-0.05, 0) is 5.56 Å². The van der Waals surface area contributed by atoms with Crippen LogP contribution in [0.4, 0.5) is 0 Å². The summed E-state index contributed by atoms with van der Waals surface area (Å²) in [6, 6.07) is 9.41. The topological polar surface area (TPSA) is 116 Å². The van der Waals surface area contributed by atoms with E-state index < -0.39 is 54.6 Å². The van der Waals surface area contributed by atoms with Crippen molar-refractivity contribution in [1.29, 1.82) is 0 Å². The Labute approximate surface area is 179 Å². The second-order valence-corrected chi connectivity index (χ2v) is 7.33. The Hall–Kier alpha value is -2.53. The summed E-state index contributed by atoms with van der Waals surface area (Å²) in [7, 11) is 0. The van der Waals surface area contributed by atoms with Gasteiger partial charge >= 0.3 is 17.9 Å². The van der Waals surface area contributed by atoms with Gasteiger partial charge in [-0.25, -0.2) is 0 Å². The molecule has 2 aliphatic heterocycles. The second-order valence-electron chi connectivity index (χ2n) is 7.33. The van der Waals surface area contributed by atoms with Crippen LogP contribution in [-0.2, 0) is 54.1 Å². The van der Waals surface area contributed by atoms with Gasteiger partial charge in [0.15, 0.2) is 24.6 Å². The van der Waals surface area contributed by atoms with E-state index in [1.54, 1.807) is 6.92 Å². The first-order chi connectivity index (χ1) is 14.7. The molecule has 10 heteroatoms. The molecule has 0 aliphatic carbocycles. The van der Waals surface area contributed by atoms with Crippen LogP contribution in [0.3, 0.4) is 0 Å². The standard InChI is InChI=1S/C21H26O10/c1-12(22)25-11-16-17(27-13(2)23)18(28-14(3)24)19-20(29-16)31-21(4,30-19)26-10-15-8-6-5-7-9-15/h5-9,16-20H,10-11H2,1-4H3/t16-,17+,18+,19-,20-,21?/m1/s1. The third kappa shape index (κ3) is 6.01. The van der Waals surface area contributed by atoms with E-state index in [1.807, 2.05) is 30.3 Å². The number of fused-ring (bicyclic) bond motifs is 1. The second kappa shape index (κ2) is 9.73. The lowest BCUT2D eigenvalue weighted by atomic mass is 9.98. The Morgan fingerprint density at radius 3 is 2.19 bits per heavy atom. The highest BCUT2D eigenvalue weighted by molar-refractivity contribution is 5.67. The number of ether oxygens (including phenoxy) is 7. The highest BCUT2D eigenvalue weighted by atomic mass is 16.9. The number of hydrogen-bond donors (Lipinski definition) is 0. The van der Waals surface area contributed by atoms with Crippen LogP contribution in [0.25, 0.3) is 0 Å². The number of esters is 3. The summed E-state index contributed by atoms with van der Waals surface area (Å²) in [5, 5.41) is 0. The predicted octanol–water partition coefficient (Wildman–Crippen LogP) is 1.44. The van der Waals surface area contributed by atoms with Crippen LogP contribution in [0.5, 0.6) is 0 Å². The van der Waals surface area contributed by atoms with Gasteiger partial charge in [0.25, 0.3) is 5.97 Å². The van der Waals surface area contributed by atoms with Gasteiger partial charge in [-0.2, -0.15) is 0 Å². The van der Waals surface area contributed by atoms with E-state index in [-0.39, 0.29) is 13.2 Å². The molecule has 1 unspecified atom stereocenters. The molecule has 0 radical (unpaired) electrons. The molecule has 3 rings (SSSR count). The zero-order valence-electron chi connectivity index (χ0n) is 17.8. The summed E-state index contributed by atoms with van der Waals surface area (Å²) in [5.41, 5.74) is 0.897. The van der Waals surface area contributed by atoms with Crippen molar-refractivity contribution in [3.8, 4) is 0 Å². The van der Waals surface area contributed by atoms with Crippen LogP contribution < -0.4 is 0 Å². The monoisotopic (exact) mass is 438 g/mol. The number of rotatable bonds is 7. The summed E-state index contributed by atoms with van der Waals surface area (Å²) in [5.74, 6) is -3.30. The minimum atomic E-state index is -1.51. The van der Waals surface area contributed by atoms with Crippen molar-refractivity contribution in [2.45, 2.75) is 71.0 Å². The maximum Gasteiger partial charge on any atom is 0.303 e. The number of benzene rings is 1. The highest BCUT2D eigenvalue weighted by Crippen LogP contribution is 2.39. The molecule has 2 saturated heterocycles. The smallest absolute Gasteiger partial charge is 0.303 e. The molecule has 6 atom stereocenters. The zero-order chi connectivity index (χ0) is 22.6. The van der Waals surface area contributed by atoms with Crippen molar-refractivity contribution in [1.82, 2.24) is 0 Å². The SMILES string of the molecule is CC(=O)OC[C@H]1O[C@@H]2OC(C)(OCc3ccccc3)O[C@@H]2[C@@H](OC(C)=O)[C@H]1OC(C)=O. The van der Waals surface area contributed by atoms with Gasteiger partial charge in [0.2, 0.25) is 0 Å². The van der Waals surface area contributed by atoms with E-state index in [2.05, 4.69) is 0 Å². The van der Waals surface area contributed by atoms with Gasteiger partial charge in [0.05, 0.1) is 6.61 Å². The van der Waals surface area contributed by atoms with Crippen molar-refractivity contribution in [2.75, 3.05) is 6.61 Å². The molecule has 0 N–H and O–H groups in total. The van der Waals surface area contributed by atoms with E-state index in [0.29, 0.717) is 0 Å². The number of carbonyl (C=O) groups excluding carboxylic acids is 3. The minimum Gasteiger partial charge on any atom is -0.463 e. The van der Waals surface area contributed by atoms with Gasteiger partial charge in [0, 0.05) is 27.7 Å². The summed E-state index contributed by atoms with van der Waals surface area (Å²) >= 11 is 0. The van der Waals surface area contributed by atoms with Gasteiger partial charge in [-0.15, -0.1) is 0 Å². The Bertz CT molecular complexity index is 797. The Balaban J connectivity index is 1.80. The van der Waals surface area contributed by atoms with Crippen LogP contribution in [0.2, 0.25) is 0 Å². The first-order valence-corrected chi connectivity index (χ1v) is 9.83. The first-order valence-electron chi connectivity index (χ1n) is 9.83. The molecule has 2 heterocycles. The zero-order valence-corrected chi connectivity index (χ0v) is 17.8. The van der Waals surface area contributed by atoms with Crippen LogP contribution in [0.1, 0.15) is 33.3 Å². The minimum absolute atomic E-state index is 0.194. The molecule has 0 spiro atoms. The van der Waals surface area contributed by atoms with Crippen LogP contribution in [0.15, 0.2) is 30.3 Å². The molecule has 10 nitrogen and oxygen atoms in total. The number of carbonyl (C=O) groups is 3. The van der Waals surface area contributed by atoms with Crippen molar-refractivity contribution < 1.29 is 47.5 Å². The Morgan fingerprint density at radius 1 is 0.935 bits per heavy atom. The molecular weight excluding hydrogens is 412 g/mol. The average molecular weight is 438 g/mol. The molecule has 0 amide bonds. The fraction of sp³-hybridized carbons (Fsp3) is 0.571. The van der Waals surface area contributed by atoms with Crippen LogP contribution in [-0.4, -0.2) is 61.2 Å². The Morgan fingerprint density at radius 2 is 1.58 bits per heavy atom. The van der Waals surface area contributed by atoms with Gasteiger partial charge in [0.1, 0.15) is 12.7 Å². The molecule has 2 aliphatic rings. The van der Waals surface area contributed by atoms with Crippen LogP contribution in [0, 0.1) is 0 Å². The number of hydrogen-bond acceptors (Lipinski definition) is 10. The van der Waals surface area contributed by atoms with E-state index in [9.17, 15) is 14.4 Å². The predicted molar refractivity (Wildman–Crippen MR) is 102 cm³/mol. The summed E-state index contributed by atoms with van der Waals surface area (Å²) in [6.07, 6.45) is -5.05. The molecule has 1 aromatic carbocycles. The molecule has 0 aromatic heterocycles. The summed E-state index contributed by atoms with van der Waals surface area (Å²) in [4.78, 5) is 34.7. The fourth-order valence-electron chi connectivity index (χ4n) is 3.43. The lowest BCUT2D eigenvalue weighted by molar-refractivity contribution is -0.349. The molecule has 31 heavy (non-hydrogen) atoms.